The highest BCUT2D eigenvalue weighted by Crippen LogP contribution is 2.23. The number of hydrogen-bond acceptors (Lipinski definition) is 4. The summed E-state index contributed by atoms with van der Waals surface area (Å²) in [6.45, 7) is 5.91. The molecule has 0 aliphatic rings. The Morgan fingerprint density at radius 2 is 2.17 bits per heavy atom. The van der Waals surface area contributed by atoms with Crippen molar-refractivity contribution < 1.29 is 9.53 Å². The predicted molar refractivity (Wildman–Crippen MR) is 67.3 cm³/mol. The fourth-order valence-corrected chi connectivity index (χ4v) is 1.94. The number of ether oxygens (including phenoxy) is 1. The summed E-state index contributed by atoms with van der Waals surface area (Å²) in [5.41, 5.74) is 1.86. The van der Waals surface area contributed by atoms with Crippen LogP contribution in [0.2, 0.25) is 0 Å². The number of carbonyl (C=O) groups excluding carboxylic acids is 1. The third-order valence-corrected chi connectivity index (χ3v) is 2.91. The number of carbonyl (C=O) groups is 1. The molecule has 0 radical (unpaired) electrons. The van der Waals surface area contributed by atoms with Gasteiger partial charge in [0, 0.05) is 6.20 Å². The molecule has 0 aromatic carbocycles. The van der Waals surface area contributed by atoms with E-state index in [1.165, 1.54) is 7.11 Å². The van der Waals surface area contributed by atoms with Crippen molar-refractivity contribution in [3.05, 3.63) is 29.7 Å². The highest BCUT2D eigenvalue weighted by atomic mass is 16.5. The average molecular weight is 247 g/mol. The number of hydrogen-bond donors (Lipinski definition) is 0. The minimum atomic E-state index is -0.421. The summed E-state index contributed by atoms with van der Waals surface area (Å²) < 4.78 is 6.50. The summed E-state index contributed by atoms with van der Waals surface area (Å²) in [7, 11) is 1.39. The highest BCUT2D eigenvalue weighted by Gasteiger charge is 2.29. The number of aryl methyl sites for hydroxylation is 1. The topological polar surface area (TPSA) is 56.5 Å². The van der Waals surface area contributed by atoms with Gasteiger partial charge < -0.3 is 4.74 Å². The second kappa shape index (κ2) is 4.76. The SMILES string of the molecule is COC(=O)C(c1nc2cc(C)ccn2n1)C(C)C. The Bertz CT molecular complexity index is 575. The van der Waals surface area contributed by atoms with Crippen LogP contribution < -0.4 is 0 Å². The number of aromatic nitrogens is 3. The summed E-state index contributed by atoms with van der Waals surface area (Å²) in [6.07, 6.45) is 1.84. The van der Waals surface area contributed by atoms with Crippen molar-refractivity contribution in [2.24, 2.45) is 5.92 Å². The van der Waals surface area contributed by atoms with E-state index in [4.69, 9.17) is 4.74 Å². The Morgan fingerprint density at radius 1 is 1.44 bits per heavy atom. The maximum Gasteiger partial charge on any atom is 0.316 e. The van der Waals surface area contributed by atoms with Gasteiger partial charge in [0.15, 0.2) is 11.5 Å². The van der Waals surface area contributed by atoms with Gasteiger partial charge in [0.2, 0.25) is 0 Å². The van der Waals surface area contributed by atoms with Gasteiger partial charge in [-0.2, -0.15) is 5.10 Å². The predicted octanol–water partition coefficient (Wildman–Crippen LogP) is 1.95. The van der Waals surface area contributed by atoms with E-state index in [1.54, 1.807) is 4.52 Å². The second-order valence-corrected chi connectivity index (χ2v) is 4.72. The molecule has 0 saturated carbocycles. The monoisotopic (exact) mass is 247 g/mol. The molecule has 2 heterocycles. The highest BCUT2D eigenvalue weighted by molar-refractivity contribution is 5.77. The first-order valence-electron chi connectivity index (χ1n) is 5.93. The molecule has 0 spiro atoms. The Balaban J connectivity index is 2.48. The Kier molecular flexibility index (Phi) is 3.32. The molecular weight excluding hydrogens is 230 g/mol. The van der Waals surface area contributed by atoms with Gasteiger partial charge in [-0.15, -0.1) is 0 Å². The molecule has 2 aromatic heterocycles. The van der Waals surface area contributed by atoms with Crippen LogP contribution in [-0.2, 0) is 9.53 Å². The lowest BCUT2D eigenvalue weighted by Gasteiger charge is -2.14. The molecule has 1 unspecified atom stereocenters. The van der Waals surface area contributed by atoms with E-state index in [9.17, 15) is 4.79 Å². The number of nitrogens with zero attached hydrogens (tertiary/aromatic N) is 3. The maximum atomic E-state index is 11.8. The molecule has 0 saturated heterocycles. The van der Waals surface area contributed by atoms with E-state index in [0.29, 0.717) is 5.82 Å². The second-order valence-electron chi connectivity index (χ2n) is 4.72. The Labute approximate surface area is 106 Å². The van der Waals surface area contributed by atoms with E-state index in [2.05, 4.69) is 10.1 Å². The zero-order valence-electron chi connectivity index (χ0n) is 11.0. The van der Waals surface area contributed by atoms with E-state index in [1.807, 2.05) is 39.1 Å². The number of esters is 1. The summed E-state index contributed by atoms with van der Waals surface area (Å²) in [4.78, 5) is 16.2. The lowest BCUT2D eigenvalue weighted by molar-refractivity contribution is -0.143. The van der Waals surface area contributed by atoms with E-state index < -0.39 is 5.92 Å². The van der Waals surface area contributed by atoms with Gasteiger partial charge in [0.05, 0.1) is 7.11 Å². The molecule has 2 aromatic rings. The minimum Gasteiger partial charge on any atom is -0.468 e. The quantitative estimate of drug-likeness (QED) is 0.778. The molecular formula is C13H17N3O2. The Morgan fingerprint density at radius 3 is 2.78 bits per heavy atom. The van der Waals surface area contributed by atoms with E-state index in [-0.39, 0.29) is 11.9 Å². The number of pyridine rings is 1. The number of methoxy groups -OCH3 is 1. The van der Waals surface area contributed by atoms with Gasteiger partial charge in [-0.3, -0.25) is 4.79 Å². The zero-order chi connectivity index (χ0) is 13.3. The molecule has 0 N–H and O–H groups in total. The van der Waals surface area contributed by atoms with Crippen LogP contribution in [0.15, 0.2) is 18.3 Å². The fraction of sp³-hybridized carbons (Fsp3) is 0.462. The summed E-state index contributed by atoms with van der Waals surface area (Å²) in [6, 6.07) is 3.89. The molecule has 96 valence electrons. The molecule has 1 atom stereocenters. The summed E-state index contributed by atoms with van der Waals surface area (Å²) >= 11 is 0. The first-order valence-corrected chi connectivity index (χ1v) is 5.93. The third-order valence-electron chi connectivity index (χ3n) is 2.91. The zero-order valence-corrected chi connectivity index (χ0v) is 11.0. The van der Waals surface area contributed by atoms with Crippen LogP contribution in [0.4, 0.5) is 0 Å². The fourth-order valence-electron chi connectivity index (χ4n) is 1.94. The van der Waals surface area contributed by atoms with Gasteiger partial charge in [-0.25, -0.2) is 9.50 Å². The van der Waals surface area contributed by atoms with E-state index >= 15 is 0 Å². The van der Waals surface area contributed by atoms with Gasteiger partial charge >= 0.3 is 5.97 Å². The van der Waals surface area contributed by atoms with Gasteiger partial charge in [-0.05, 0) is 30.5 Å². The lowest BCUT2D eigenvalue weighted by Crippen LogP contribution is -2.21. The van der Waals surface area contributed by atoms with Crippen molar-refractivity contribution in [3.8, 4) is 0 Å². The van der Waals surface area contributed by atoms with Crippen LogP contribution in [0.25, 0.3) is 5.65 Å². The Hall–Kier alpha value is -1.91. The number of fused-ring (bicyclic) bond motifs is 1. The van der Waals surface area contributed by atoms with Crippen molar-refractivity contribution in [1.29, 1.82) is 0 Å². The van der Waals surface area contributed by atoms with Crippen molar-refractivity contribution in [2.45, 2.75) is 26.7 Å². The van der Waals surface area contributed by atoms with Crippen molar-refractivity contribution >= 4 is 11.6 Å². The molecule has 0 amide bonds. The first-order chi connectivity index (χ1) is 8.52. The van der Waals surface area contributed by atoms with Gasteiger partial charge in [0.1, 0.15) is 5.92 Å². The van der Waals surface area contributed by atoms with E-state index in [0.717, 1.165) is 11.2 Å². The minimum absolute atomic E-state index is 0.0935. The lowest BCUT2D eigenvalue weighted by atomic mass is 9.95. The van der Waals surface area contributed by atoms with Crippen molar-refractivity contribution in [3.63, 3.8) is 0 Å². The largest absolute Gasteiger partial charge is 0.468 e. The molecule has 18 heavy (non-hydrogen) atoms. The average Bonchev–Trinajstić information content (AvgIpc) is 2.70. The smallest absolute Gasteiger partial charge is 0.316 e. The maximum absolute atomic E-state index is 11.8. The van der Waals surface area contributed by atoms with Crippen LogP contribution in [0.1, 0.15) is 31.2 Å². The van der Waals surface area contributed by atoms with Gasteiger partial charge in [0.25, 0.3) is 0 Å². The summed E-state index contributed by atoms with van der Waals surface area (Å²) in [5.74, 6) is -0.105. The molecule has 2 rings (SSSR count). The van der Waals surface area contributed by atoms with Crippen LogP contribution in [0.5, 0.6) is 0 Å². The number of rotatable bonds is 3. The van der Waals surface area contributed by atoms with Crippen molar-refractivity contribution in [2.75, 3.05) is 7.11 Å². The molecule has 5 heteroatoms. The summed E-state index contributed by atoms with van der Waals surface area (Å²) in [5, 5.41) is 4.35. The van der Waals surface area contributed by atoms with Crippen LogP contribution in [-0.4, -0.2) is 27.7 Å². The molecule has 0 bridgehead atoms. The van der Waals surface area contributed by atoms with Crippen LogP contribution in [0, 0.1) is 12.8 Å². The molecule has 0 aliphatic carbocycles. The molecule has 0 fully saturated rings. The first kappa shape index (κ1) is 12.5. The molecule has 5 nitrogen and oxygen atoms in total. The standard InChI is InChI=1S/C13H17N3O2/c1-8(2)11(13(17)18-4)12-14-10-7-9(3)5-6-16(10)15-12/h5-8,11H,1-4H3. The molecule has 0 aliphatic heterocycles. The van der Waals surface area contributed by atoms with Crippen LogP contribution >= 0.6 is 0 Å². The van der Waals surface area contributed by atoms with Crippen molar-refractivity contribution in [1.82, 2.24) is 14.6 Å². The van der Waals surface area contributed by atoms with Gasteiger partial charge in [-0.1, -0.05) is 13.8 Å². The van der Waals surface area contributed by atoms with Crippen LogP contribution in [0.3, 0.4) is 0 Å². The normalized spacial score (nSPS) is 12.9. The third kappa shape index (κ3) is 2.20.